The summed E-state index contributed by atoms with van der Waals surface area (Å²) in [5, 5.41) is 0. The molecule has 0 aliphatic heterocycles. The van der Waals surface area contributed by atoms with Gasteiger partial charge in [-0.2, -0.15) is 0 Å². The Morgan fingerprint density at radius 2 is 1.44 bits per heavy atom. The zero-order chi connectivity index (χ0) is 18.8. The smallest absolute Gasteiger partial charge is 0.162 e. The Bertz CT molecular complexity index is 632. The van der Waals surface area contributed by atoms with E-state index < -0.39 is 11.6 Å². The zero-order valence-electron chi connectivity index (χ0n) is 17.0. The maximum atomic E-state index is 14.6. The second-order valence-electron chi connectivity index (χ2n) is 9.74. The van der Waals surface area contributed by atoms with Crippen molar-refractivity contribution in [3.8, 4) is 0 Å². The number of halogens is 2. The Morgan fingerprint density at radius 3 is 2.07 bits per heavy atom. The molecule has 0 N–H and O–H groups in total. The van der Waals surface area contributed by atoms with E-state index in [1.807, 2.05) is 13.0 Å². The van der Waals surface area contributed by atoms with Crippen LogP contribution in [0, 0.1) is 36.3 Å². The zero-order valence-corrected chi connectivity index (χ0v) is 17.0. The molecule has 3 aliphatic carbocycles. The van der Waals surface area contributed by atoms with Crippen LogP contribution in [0.15, 0.2) is 6.07 Å². The summed E-state index contributed by atoms with van der Waals surface area (Å²) >= 11 is 0. The van der Waals surface area contributed by atoms with Gasteiger partial charge in [-0.05, 0) is 85.8 Å². The lowest BCUT2D eigenvalue weighted by Crippen LogP contribution is -2.24. The minimum Gasteiger partial charge on any atom is -0.203 e. The highest BCUT2D eigenvalue weighted by atomic mass is 19.2. The molecule has 0 unspecified atom stereocenters. The molecule has 150 valence electrons. The van der Waals surface area contributed by atoms with Crippen LogP contribution in [-0.4, -0.2) is 0 Å². The normalized spacial score (nSPS) is 27.5. The first-order valence-electron chi connectivity index (χ1n) is 11.6. The molecule has 3 fully saturated rings. The number of rotatable bonds is 5. The third-order valence-corrected chi connectivity index (χ3v) is 8.07. The fraction of sp³-hybridized carbons (Fsp3) is 0.760. The van der Waals surface area contributed by atoms with Crippen molar-refractivity contribution >= 4 is 0 Å². The number of aryl methyl sites for hydroxylation is 2. The highest BCUT2D eigenvalue weighted by Crippen LogP contribution is 2.42. The van der Waals surface area contributed by atoms with Crippen molar-refractivity contribution < 1.29 is 8.78 Å². The summed E-state index contributed by atoms with van der Waals surface area (Å²) in [6, 6.07) is 1.94. The maximum absolute atomic E-state index is 14.6. The third-order valence-electron chi connectivity index (χ3n) is 8.07. The van der Waals surface area contributed by atoms with E-state index in [4.69, 9.17) is 0 Å². The molecule has 0 bridgehead atoms. The highest BCUT2D eigenvalue weighted by molar-refractivity contribution is 5.37. The molecule has 27 heavy (non-hydrogen) atoms. The lowest BCUT2D eigenvalue weighted by Gasteiger charge is -2.36. The lowest BCUT2D eigenvalue weighted by atomic mass is 9.70. The number of hydrogen-bond donors (Lipinski definition) is 0. The van der Waals surface area contributed by atoms with Gasteiger partial charge in [0.05, 0.1) is 0 Å². The molecule has 0 aromatic heterocycles. The van der Waals surface area contributed by atoms with Crippen molar-refractivity contribution in [2.24, 2.45) is 17.8 Å². The van der Waals surface area contributed by atoms with Crippen LogP contribution in [0.2, 0.25) is 0 Å². The summed E-state index contributed by atoms with van der Waals surface area (Å²) < 4.78 is 29.3. The quantitative estimate of drug-likeness (QED) is 0.492. The van der Waals surface area contributed by atoms with Crippen LogP contribution in [-0.2, 0) is 6.42 Å². The predicted octanol–water partition coefficient (Wildman–Crippen LogP) is 7.86. The molecule has 0 radical (unpaired) electrons. The molecule has 0 nitrogen and oxygen atoms in total. The van der Waals surface area contributed by atoms with Crippen molar-refractivity contribution in [2.45, 2.75) is 103 Å². The third kappa shape index (κ3) is 4.25. The van der Waals surface area contributed by atoms with E-state index in [2.05, 4.69) is 0 Å². The maximum Gasteiger partial charge on any atom is 0.162 e. The van der Waals surface area contributed by atoms with E-state index in [-0.39, 0.29) is 5.92 Å². The molecule has 3 aliphatic rings. The van der Waals surface area contributed by atoms with E-state index in [0.29, 0.717) is 23.5 Å². The number of hydrogen-bond acceptors (Lipinski definition) is 0. The summed E-state index contributed by atoms with van der Waals surface area (Å²) in [7, 11) is 0. The van der Waals surface area contributed by atoms with Crippen LogP contribution in [0.3, 0.4) is 0 Å². The van der Waals surface area contributed by atoms with Gasteiger partial charge in [0, 0.05) is 0 Å². The van der Waals surface area contributed by atoms with E-state index in [1.165, 1.54) is 57.8 Å². The molecule has 2 heteroatoms. The summed E-state index contributed by atoms with van der Waals surface area (Å²) in [5.74, 6) is 1.78. The van der Waals surface area contributed by atoms with Gasteiger partial charge >= 0.3 is 0 Å². The Morgan fingerprint density at radius 1 is 0.778 bits per heavy atom. The molecule has 0 saturated heterocycles. The van der Waals surface area contributed by atoms with Gasteiger partial charge in [-0.3, -0.25) is 0 Å². The summed E-state index contributed by atoms with van der Waals surface area (Å²) in [6.07, 6.45) is 17.4. The van der Waals surface area contributed by atoms with Crippen LogP contribution in [0.4, 0.5) is 8.78 Å². The molecule has 1 aromatic carbocycles. The van der Waals surface area contributed by atoms with E-state index in [1.54, 1.807) is 0 Å². The minimum absolute atomic E-state index is 0.253. The Labute approximate surface area is 164 Å². The molecular weight excluding hydrogens is 338 g/mol. The van der Waals surface area contributed by atoms with Crippen molar-refractivity contribution in [3.63, 3.8) is 0 Å². The van der Waals surface area contributed by atoms with Gasteiger partial charge in [-0.15, -0.1) is 0 Å². The Kier molecular flexibility index (Phi) is 6.19. The molecule has 3 saturated carbocycles. The van der Waals surface area contributed by atoms with Gasteiger partial charge in [0.2, 0.25) is 0 Å². The average molecular weight is 375 g/mol. The second-order valence-corrected chi connectivity index (χ2v) is 9.74. The van der Waals surface area contributed by atoms with Crippen molar-refractivity contribution in [1.29, 1.82) is 0 Å². The average Bonchev–Trinajstić information content (AvgIpc) is 2.66. The topological polar surface area (TPSA) is 0 Å². The van der Waals surface area contributed by atoms with Gasteiger partial charge in [0.15, 0.2) is 11.6 Å². The van der Waals surface area contributed by atoms with E-state index in [0.717, 1.165) is 43.1 Å². The molecule has 0 atom stereocenters. The number of benzene rings is 1. The first-order valence-corrected chi connectivity index (χ1v) is 11.6. The minimum atomic E-state index is -0.557. The van der Waals surface area contributed by atoms with Crippen molar-refractivity contribution in [3.05, 3.63) is 34.4 Å². The summed E-state index contributed by atoms with van der Waals surface area (Å²) in [5.41, 5.74) is 2.24. The standard InChI is InChI=1S/C25H36F2/c1-17-16-22(24(26)25(27)23(17)21-8-5-9-21)15-12-18-10-13-20(14-11-18)19-6-3-2-4-7-19/h16,18-21H,2-15H2,1H3. The fourth-order valence-corrected chi connectivity index (χ4v) is 6.13. The first-order chi connectivity index (χ1) is 13.1. The van der Waals surface area contributed by atoms with Gasteiger partial charge in [0.1, 0.15) is 0 Å². The van der Waals surface area contributed by atoms with Gasteiger partial charge in [0.25, 0.3) is 0 Å². The molecule has 0 spiro atoms. The van der Waals surface area contributed by atoms with Gasteiger partial charge in [-0.25, -0.2) is 8.78 Å². The summed E-state index contributed by atoms with van der Waals surface area (Å²) in [6.45, 7) is 1.97. The van der Waals surface area contributed by atoms with E-state index >= 15 is 0 Å². The van der Waals surface area contributed by atoms with Gasteiger partial charge in [-0.1, -0.05) is 57.4 Å². The fourth-order valence-electron chi connectivity index (χ4n) is 6.13. The Hall–Kier alpha value is -0.920. The highest BCUT2D eigenvalue weighted by Gasteiger charge is 2.30. The van der Waals surface area contributed by atoms with Crippen LogP contribution in [0.25, 0.3) is 0 Å². The SMILES string of the molecule is Cc1cc(CCC2CCC(C3CCCCC3)CC2)c(F)c(F)c1C1CCC1. The molecule has 1 aromatic rings. The van der Waals surface area contributed by atoms with Gasteiger partial charge < -0.3 is 0 Å². The second kappa shape index (κ2) is 8.62. The molecule has 0 amide bonds. The Balaban J connectivity index is 1.31. The van der Waals surface area contributed by atoms with Crippen LogP contribution in [0.1, 0.15) is 106 Å². The molecule has 4 rings (SSSR count). The van der Waals surface area contributed by atoms with Crippen molar-refractivity contribution in [1.82, 2.24) is 0 Å². The monoisotopic (exact) mass is 374 g/mol. The molecule has 0 heterocycles. The van der Waals surface area contributed by atoms with Crippen LogP contribution < -0.4 is 0 Å². The summed E-state index contributed by atoms with van der Waals surface area (Å²) in [4.78, 5) is 0. The lowest BCUT2D eigenvalue weighted by molar-refractivity contribution is 0.163. The van der Waals surface area contributed by atoms with Crippen LogP contribution >= 0.6 is 0 Å². The van der Waals surface area contributed by atoms with Crippen LogP contribution in [0.5, 0.6) is 0 Å². The predicted molar refractivity (Wildman–Crippen MR) is 108 cm³/mol. The molecular formula is C25H36F2. The largest absolute Gasteiger partial charge is 0.203 e. The first kappa shape index (κ1) is 19.4. The van der Waals surface area contributed by atoms with E-state index in [9.17, 15) is 8.78 Å². The van der Waals surface area contributed by atoms with Crippen molar-refractivity contribution in [2.75, 3.05) is 0 Å².